The Morgan fingerprint density at radius 3 is 0.857 bits per heavy atom. The van der Waals surface area contributed by atoms with Crippen LogP contribution in [0, 0.1) is 0 Å². The van der Waals surface area contributed by atoms with Crippen LogP contribution in [0.4, 0.5) is 52.7 Å². The topological polar surface area (TPSA) is 52.6 Å². The van der Waals surface area contributed by atoms with Gasteiger partial charge in [0.05, 0.1) is 0 Å². The standard InChI is InChI=1S/C12H8F12O4/c1-7(9(13,14)15,10(16,17)18)27-5(25)3-4-6(26)28-8(2,11(19,20)21)12(22,23)24/h3-4H,1-2H3/b4-3+. The fraction of sp³-hybridized carbons (Fsp3) is 0.667. The highest BCUT2D eigenvalue weighted by Gasteiger charge is 2.72. The van der Waals surface area contributed by atoms with Crippen LogP contribution in [0.5, 0.6) is 0 Å². The molecular weight excluding hydrogens is 436 g/mol. The lowest BCUT2D eigenvalue weighted by molar-refractivity contribution is -0.362. The molecular formula is C12H8F12O4. The van der Waals surface area contributed by atoms with E-state index in [1.165, 1.54) is 0 Å². The van der Waals surface area contributed by atoms with Gasteiger partial charge >= 0.3 is 36.6 Å². The third-order valence-electron chi connectivity index (χ3n) is 3.13. The minimum atomic E-state index is -6.19. The normalized spacial score (nSPS) is 14.9. The average molecular weight is 444 g/mol. The molecule has 0 bridgehead atoms. The van der Waals surface area contributed by atoms with Crippen LogP contribution in [0.25, 0.3) is 0 Å². The zero-order valence-electron chi connectivity index (χ0n) is 13.3. The molecule has 0 aliphatic carbocycles. The van der Waals surface area contributed by atoms with Crippen molar-refractivity contribution in [2.45, 2.75) is 49.8 Å². The molecule has 16 heteroatoms. The number of esters is 2. The molecule has 0 spiro atoms. The summed E-state index contributed by atoms with van der Waals surface area (Å²) < 4.78 is 156. The molecule has 0 aliphatic rings. The van der Waals surface area contributed by atoms with Gasteiger partial charge in [-0.2, -0.15) is 52.7 Å². The summed E-state index contributed by atoms with van der Waals surface area (Å²) >= 11 is 0. The van der Waals surface area contributed by atoms with Crippen molar-refractivity contribution in [2.75, 3.05) is 0 Å². The number of ether oxygens (including phenoxy) is 2. The highest BCUT2D eigenvalue weighted by Crippen LogP contribution is 2.46. The molecule has 0 atom stereocenters. The summed E-state index contributed by atoms with van der Waals surface area (Å²) in [4.78, 5) is 22.1. The van der Waals surface area contributed by atoms with Gasteiger partial charge in [-0.25, -0.2) is 9.59 Å². The van der Waals surface area contributed by atoms with E-state index in [-0.39, 0.29) is 0 Å². The van der Waals surface area contributed by atoms with E-state index in [4.69, 9.17) is 0 Å². The lowest BCUT2D eigenvalue weighted by Crippen LogP contribution is -2.57. The van der Waals surface area contributed by atoms with Gasteiger partial charge in [-0.15, -0.1) is 0 Å². The third-order valence-corrected chi connectivity index (χ3v) is 3.13. The zero-order chi connectivity index (χ0) is 23.0. The molecule has 0 saturated heterocycles. The van der Waals surface area contributed by atoms with Crippen molar-refractivity contribution in [3.63, 3.8) is 0 Å². The van der Waals surface area contributed by atoms with E-state index in [9.17, 15) is 62.3 Å². The first-order valence-corrected chi connectivity index (χ1v) is 6.40. The Morgan fingerprint density at radius 1 is 0.536 bits per heavy atom. The predicted molar refractivity (Wildman–Crippen MR) is 62.4 cm³/mol. The van der Waals surface area contributed by atoms with Crippen LogP contribution < -0.4 is 0 Å². The number of carbonyl (C=O) groups is 2. The fourth-order valence-electron chi connectivity index (χ4n) is 1.16. The largest absolute Gasteiger partial charge is 0.437 e. The molecule has 0 aliphatic heterocycles. The Balaban J connectivity index is 5.50. The van der Waals surface area contributed by atoms with E-state index >= 15 is 0 Å². The number of hydrogen-bond donors (Lipinski definition) is 0. The Labute approximate surface area is 147 Å². The van der Waals surface area contributed by atoms with E-state index in [0.717, 1.165) is 0 Å². The van der Waals surface area contributed by atoms with Crippen LogP contribution in [0.1, 0.15) is 13.8 Å². The molecule has 0 heterocycles. The van der Waals surface area contributed by atoms with Gasteiger partial charge < -0.3 is 9.47 Å². The first-order chi connectivity index (χ1) is 12.0. The number of alkyl halides is 12. The van der Waals surface area contributed by atoms with Crippen molar-refractivity contribution in [2.24, 2.45) is 0 Å². The average Bonchev–Trinajstić information content (AvgIpc) is 2.40. The van der Waals surface area contributed by atoms with Gasteiger partial charge in [0, 0.05) is 12.2 Å². The van der Waals surface area contributed by atoms with E-state index in [0.29, 0.717) is 0 Å². The lowest BCUT2D eigenvalue weighted by Gasteiger charge is -2.33. The van der Waals surface area contributed by atoms with Crippen molar-refractivity contribution in [1.82, 2.24) is 0 Å². The molecule has 0 radical (unpaired) electrons. The van der Waals surface area contributed by atoms with Crippen LogP contribution in [-0.4, -0.2) is 47.8 Å². The van der Waals surface area contributed by atoms with E-state index < -0.39 is 73.8 Å². The van der Waals surface area contributed by atoms with Gasteiger partial charge in [-0.05, 0) is 13.8 Å². The van der Waals surface area contributed by atoms with Crippen molar-refractivity contribution >= 4 is 11.9 Å². The maximum atomic E-state index is 12.5. The van der Waals surface area contributed by atoms with Gasteiger partial charge in [-0.1, -0.05) is 0 Å². The van der Waals surface area contributed by atoms with E-state index in [2.05, 4.69) is 9.47 Å². The Hall–Kier alpha value is -2.16. The van der Waals surface area contributed by atoms with Crippen molar-refractivity contribution < 1.29 is 71.7 Å². The number of carbonyl (C=O) groups excluding carboxylic acids is 2. The van der Waals surface area contributed by atoms with E-state index in [1.807, 2.05) is 0 Å². The number of hydrogen-bond acceptors (Lipinski definition) is 4. The zero-order valence-corrected chi connectivity index (χ0v) is 13.3. The van der Waals surface area contributed by atoms with Crippen LogP contribution in [0.2, 0.25) is 0 Å². The number of rotatable bonds is 4. The molecule has 0 amide bonds. The van der Waals surface area contributed by atoms with Crippen LogP contribution in [-0.2, 0) is 19.1 Å². The first-order valence-electron chi connectivity index (χ1n) is 6.40. The fourth-order valence-corrected chi connectivity index (χ4v) is 1.16. The molecule has 0 saturated carbocycles. The molecule has 0 aromatic carbocycles. The summed E-state index contributed by atoms with van der Waals surface area (Å²) in [6, 6.07) is 0. The molecule has 0 aromatic rings. The molecule has 0 fully saturated rings. The quantitative estimate of drug-likeness (QED) is 0.367. The van der Waals surface area contributed by atoms with Crippen LogP contribution in [0.3, 0.4) is 0 Å². The minimum Gasteiger partial charge on any atom is -0.437 e. The molecule has 0 N–H and O–H groups in total. The van der Waals surface area contributed by atoms with Crippen LogP contribution >= 0.6 is 0 Å². The third kappa shape index (κ3) is 5.21. The maximum Gasteiger partial charge on any atom is 0.437 e. The van der Waals surface area contributed by atoms with Crippen molar-refractivity contribution in [3.05, 3.63) is 12.2 Å². The maximum absolute atomic E-state index is 12.5. The second-order valence-corrected chi connectivity index (χ2v) is 5.23. The summed E-state index contributed by atoms with van der Waals surface area (Å²) in [7, 11) is 0. The summed E-state index contributed by atoms with van der Waals surface area (Å²) in [5.41, 5.74) is -10.1. The molecule has 0 aromatic heterocycles. The smallest absolute Gasteiger partial charge is 0.437 e. The second kappa shape index (κ2) is 7.35. The van der Waals surface area contributed by atoms with Gasteiger partial charge in [0.1, 0.15) is 0 Å². The van der Waals surface area contributed by atoms with Gasteiger partial charge in [-0.3, -0.25) is 0 Å². The Morgan fingerprint density at radius 2 is 0.714 bits per heavy atom. The molecule has 0 rings (SSSR count). The SMILES string of the molecule is CC(OC(=O)/C=C/C(=O)OC(C)(C(F)(F)F)C(F)(F)F)(C(F)(F)F)C(F)(F)F. The Kier molecular flexibility index (Phi) is 6.78. The highest BCUT2D eigenvalue weighted by molar-refractivity contribution is 5.92. The van der Waals surface area contributed by atoms with Crippen LogP contribution in [0.15, 0.2) is 12.2 Å². The molecule has 28 heavy (non-hydrogen) atoms. The summed E-state index contributed by atoms with van der Waals surface area (Å²) in [6.45, 7) is -1.22. The minimum absolute atomic E-state index is 0.564. The van der Waals surface area contributed by atoms with Gasteiger partial charge in [0.25, 0.3) is 11.2 Å². The molecule has 0 unspecified atom stereocenters. The molecule has 4 nitrogen and oxygen atoms in total. The number of halogens is 12. The van der Waals surface area contributed by atoms with Gasteiger partial charge in [0.15, 0.2) is 0 Å². The first kappa shape index (κ1) is 25.8. The second-order valence-electron chi connectivity index (χ2n) is 5.23. The summed E-state index contributed by atoms with van der Waals surface area (Å²) in [5, 5.41) is 0. The Bertz CT molecular complexity index is 540. The van der Waals surface area contributed by atoms with Gasteiger partial charge in [0.2, 0.25) is 0 Å². The summed E-state index contributed by atoms with van der Waals surface area (Å²) in [6.07, 6.45) is -25.9. The lowest BCUT2D eigenvalue weighted by atomic mass is 10.1. The highest BCUT2D eigenvalue weighted by atomic mass is 19.4. The molecule has 164 valence electrons. The predicted octanol–water partition coefficient (Wildman–Crippen LogP) is 4.40. The summed E-state index contributed by atoms with van der Waals surface area (Å²) in [5.74, 6) is -5.09. The van der Waals surface area contributed by atoms with Crippen molar-refractivity contribution in [1.29, 1.82) is 0 Å². The van der Waals surface area contributed by atoms with Crippen molar-refractivity contribution in [3.8, 4) is 0 Å². The van der Waals surface area contributed by atoms with E-state index in [1.54, 1.807) is 0 Å². The monoisotopic (exact) mass is 444 g/mol.